The highest BCUT2D eigenvalue weighted by Crippen LogP contribution is 2.61. The largest absolute Gasteiger partial charge is 0.396 e. The molecule has 8 heavy (non-hydrogen) atoms. The summed E-state index contributed by atoms with van der Waals surface area (Å²) in [4.78, 5) is 0. The van der Waals surface area contributed by atoms with E-state index in [1.807, 2.05) is 0 Å². The van der Waals surface area contributed by atoms with Gasteiger partial charge in [0, 0.05) is 11.8 Å². The molecule has 2 atom stereocenters. The molecular weight excluding hydrogens is 131 g/mol. The van der Waals surface area contributed by atoms with Gasteiger partial charge in [-0.25, -0.2) is 4.39 Å². The Kier molecular flexibility index (Phi) is 1.07. The Hall–Kier alpha value is 0.180. The molecule has 1 N–H and O–H groups in total. The van der Waals surface area contributed by atoms with Crippen LogP contribution in [0.25, 0.3) is 0 Å². The molecule has 1 unspecified atom stereocenters. The van der Waals surface area contributed by atoms with Crippen molar-refractivity contribution in [2.75, 3.05) is 6.61 Å². The topological polar surface area (TPSA) is 20.2 Å². The summed E-state index contributed by atoms with van der Waals surface area (Å²) < 4.78 is 12.5. The number of alkyl halides is 2. The number of aliphatic hydroxyl groups excluding tert-OH is 1. The van der Waals surface area contributed by atoms with E-state index in [1.165, 1.54) is 0 Å². The summed E-state index contributed by atoms with van der Waals surface area (Å²) >= 11 is 5.22. The SMILES string of the molecule is C[C@@]1(CO)CC1(F)Cl. The van der Waals surface area contributed by atoms with E-state index in [1.54, 1.807) is 6.92 Å². The van der Waals surface area contributed by atoms with E-state index in [0.717, 1.165) is 0 Å². The Morgan fingerprint density at radius 2 is 2.25 bits per heavy atom. The molecule has 48 valence electrons. The van der Waals surface area contributed by atoms with Gasteiger partial charge in [0.05, 0.1) is 6.61 Å². The van der Waals surface area contributed by atoms with Crippen molar-refractivity contribution >= 4 is 11.6 Å². The van der Waals surface area contributed by atoms with Crippen molar-refractivity contribution in [3.05, 3.63) is 0 Å². The van der Waals surface area contributed by atoms with E-state index in [4.69, 9.17) is 16.7 Å². The van der Waals surface area contributed by atoms with Gasteiger partial charge in [0.1, 0.15) is 0 Å². The summed E-state index contributed by atoms with van der Waals surface area (Å²) in [7, 11) is 0. The fourth-order valence-electron chi connectivity index (χ4n) is 0.617. The van der Waals surface area contributed by atoms with Gasteiger partial charge in [-0.05, 0) is 0 Å². The lowest BCUT2D eigenvalue weighted by Crippen LogP contribution is -2.09. The maximum atomic E-state index is 12.5. The van der Waals surface area contributed by atoms with Gasteiger partial charge in [-0.15, -0.1) is 0 Å². The molecule has 1 fully saturated rings. The molecule has 1 saturated carbocycles. The minimum absolute atomic E-state index is 0.160. The van der Waals surface area contributed by atoms with Crippen LogP contribution in [0.3, 0.4) is 0 Å². The summed E-state index contributed by atoms with van der Waals surface area (Å²) in [6.07, 6.45) is 0.276. The Balaban J connectivity index is 2.55. The van der Waals surface area contributed by atoms with Crippen LogP contribution >= 0.6 is 11.6 Å². The minimum atomic E-state index is -1.62. The Morgan fingerprint density at radius 3 is 2.25 bits per heavy atom. The molecule has 0 aliphatic heterocycles. The monoisotopic (exact) mass is 138 g/mol. The van der Waals surface area contributed by atoms with Gasteiger partial charge in [0.25, 0.3) is 0 Å². The fourth-order valence-corrected chi connectivity index (χ4v) is 0.972. The summed E-state index contributed by atoms with van der Waals surface area (Å²) in [6, 6.07) is 0. The van der Waals surface area contributed by atoms with Crippen molar-refractivity contribution < 1.29 is 9.50 Å². The normalized spacial score (nSPS) is 54.0. The third kappa shape index (κ3) is 0.633. The molecule has 0 radical (unpaired) electrons. The predicted molar refractivity (Wildman–Crippen MR) is 29.5 cm³/mol. The van der Waals surface area contributed by atoms with Crippen LogP contribution in [0.15, 0.2) is 0 Å². The van der Waals surface area contributed by atoms with Crippen molar-refractivity contribution in [2.24, 2.45) is 5.41 Å². The number of rotatable bonds is 1. The second-order valence-corrected chi connectivity index (χ2v) is 3.20. The molecule has 1 nitrogen and oxygen atoms in total. The van der Waals surface area contributed by atoms with Gasteiger partial charge >= 0.3 is 0 Å². The average molecular weight is 139 g/mol. The van der Waals surface area contributed by atoms with Crippen molar-refractivity contribution in [2.45, 2.75) is 18.5 Å². The van der Waals surface area contributed by atoms with Crippen LogP contribution in [-0.4, -0.2) is 16.8 Å². The first-order chi connectivity index (χ1) is 3.52. The lowest BCUT2D eigenvalue weighted by Gasteiger charge is -2.03. The van der Waals surface area contributed by atoms with Gasteiger partial charge in [-0.2, -0.15) is 0 Å². The lowest BCUT2D eigenvalue weighted by atomic mass is 10.2. The highest BCUT2D eigenvalue weighted by molar-refractivity contribution is 6.25. The third-order valence-electron chi connectivity index (χ3n) is 1.72. The molecule has 1 rings (SSSR count). The zero-order valence-electron chi connectivity index (χ0n) is 4.62. The molecule has 0 spiro atoms. The van der Waals surface area contributed by atoms with Crippen LogP contribution < -0.4 is 0 Å². The summed E-state index contributed by atoms with van der Waals surface area (Å²) in [5, 5.41) is 6.85. The lowest BCUT2D eigenvalue weighted by molar-refractivity contribution is 0.187. The Bertz CT molecular complexity index is 115. The number of hydrogen-bond acceptors (Lipinski definition) is 1. The smallest absolute Gasteiger partial charge is 0.192 e. The van der Waals surface area contributed by atoms with Crippen molar-refractivity contribution in [1.82, 2.24) is 0 Å². The van der Waals surface area contributed by atoms with E-state index in [2.05, 4.69) is 0 Å². The van der Waals surface area contributed by atoms with Crippen LogP contribution in [-0.2, 0) is 0 Å². The number of halogens is 2. The quantitative estimate of drug-likeness (QED) is 0.542. The molecule has 0 heterocycles. The highest BCUT2D eigenvalue weighted by Gasteiger charge is 2.64. The standard InChI is InChI=1S/C5H8ClFO/c1-4(3-8)2-5(4,6)7/h8H,2-3H2,1H3/t4-,5?/m0/s1. The van der Waals surface area contributed by atoms with Gasteiger partial charge in [-0.3, -0.25) is 0 Å². The maximum Gasteiger partial charge on any atom is 0.192 e. The minimum Gasteiger partial charge on any atom is -0.396 e. The molecule has 1 aliphatic rings. The second-order valence-electron chi connectivity index (χ2n) is 2.60. The zero-order chi connectivity index (χ0) is 6.41. The Morgan fingerprint density at radius 1 is 1.88 bits per heavy atom. The molecule has 0 saturated heterocycles. The molecule has 0 bridgehead atoms. The molecule has 0 aromatic rings. The molecule has 0 aromatic carbocycles. The zero-order valence-corrected chi connectivity index (χ0v) is 5.37. The first kappa shape index (κ1) is 6.30. The van der Waals surface area contributed by atoms with Crippen molar-refractivity contribution in [3.8, 4) is 0 Å². The molecular formula is C5H8ClFO. The van der Waals surface area contributed by atoms with Crippen LogP contribution in [0, 0.1) is 5.41 Å². The molecule has 1 aliphatic carbocycles. The van der Waals surface area contributed by atoms with E-state index in [-0.39, 0.29) is 13.0 Å². The van der Waals surface area contributed by atoms with Crippen molar-refractivity contribution in [3.63, 3.8) is 0 Å². The van der Waals surface area contributed by atoms with Crippen LogP contribution in [0.4, 0.5) is 4.39 Å². The highest BCUT2D eigenvalue weighted by atomic mass is 35.5. The first-order valence-electron chi connectivity index (χ1n) is 2.50. The number of aliphatic hydroxyl groups is 1. The summed E-state index contributed by atoms with van der Waals surface area (Å²) in [6.45, 7) is 1.47. The third-order valence-corrected chi connectivity index (χ3v) is 2.31. The van der Waals surface area contributed by atoms with Gasteiger partial charge < -0.3 is 5.11 Å². The maximum absolute atomic E-state index is 12.5. The van der Waals surface area contributed by atoms with E-state index in [9.17, 15) is 4.39 Å². The molecule has 3 heteroatoms. The molecule has 0 aromatic heterocycles. The molecule has 0 amide bonds. The van der Waals surface area contributed by atoms with E-state index >= 15 is 0 Å². The van der Waals surface area contributed by atoms with Gasteiger partial charge in [-0.1, -0.05) is 18.5 Å². The van der Waals surface area contributed by atoms with Crippen molar-refractivity contribution in [1.29, 1.82) is 0 Å². The van der Waals surface area contributed by atoms with Crippen LogP contribution in [0.5, 0.6) is 0 Å². The van der Waals surface area contributed by atoms with E-state index in [0.29, 0.717) is 0 Å². The van der Waals surface area contributed by atoms with Crippen LogP contribution in [0.2, 0.25) is 0 Å². The predicted octanol–water partition coefficient (Wildman–Crippen LogP) is 1.29. The Labute approximate surface area is 52.5 Å². The number of hydrogen-bond donors (Lipinski definition) is 1. The second kappa shape index (κ2) is 1.36. The first-order valence-corrected chi connectivity index (χ1v) is 2.88. The van der Waals surface area contributed by atoms with Crippen LogP contribution in [0.1, 0.15) is 13.3 Å². The summed E-state index contributed by atoms with van der Waals surface area (Å²) in [5.74, 6) is 0. The van der Waals surface area contributed by atoms with Gasteiger partial charge in [0.2, 0.25) is 0 Å². The average Bonchev–Trinajstić information content (AvgIpc) is 2.10. The van der Waals surface area contributed by atoms with Gasteiger partial charge in [0.15, 0.2) is 5.13 Å². The fraction of sp³-hybridized carbons (Fsp3) is 1.00. The summed E-state index contributed by atoms with van der Waals surface area (Å²) in [5.41, 5.74) is -0.658. The van der Waals surface area contributed by atoms with E-state index < -0.39 is 10.5 Å².